The largest absolute Gasteiger partial charge is 0.623 e. The molecule has 0 aliphatic carbocycles. The van der Waals surface area contributed by atoms with Crippen LogP contribution >= 0.6 is 0 Å². The molecule has 0 radical (unpaired) electrons. The zero-order chi connectivity index (χ0) is 17.7. The second kappa shape index (κ2) is 11.4. The fourth-order valence-electron chi connectivity index (χ4n) is 2.85. The summed E-state index contributed by atoms with van der Waals surface area (Å²) < 4.78 is 2.74. The summed E-state index contributed by atoms with van der Waals surface area (Å²) in [6.07, 6.45) is 13.7. The van der Waals surface area contributed by atoms with Gasteiger partial charge in [-0.15, -0.1) is 5.10 Å². The van der Waals surface area contributed by atoms with Crippen LogP contribution in [-0.2, 0) is 13.1 Å². The smallest absolute Gasteiger partial charge is 0.204 e. The van der Waals surface area contributed by atoms with E-state index in [-0.39, 0.29) is 0 Å². The van der Waals surface area contributed by atoms with Gasteiger partial charge in [-0.1, -0.05) is 87.4 Å². The Kier molecular flexibility index (Phi) is 8.73. The summed E-state index contributed by atoms with van der Waals surface area (Å²) in [5.74, 6) is 0. The maximum atomic E-state index is 12.0. The van der Waals surface area contributed by atoms with E-state index in [1.54, 1.807) is 0 Å². The normalized spacial score (nSPS) is 11.8. The Balaban J connectivity index is 1.66. The molecule has 5 heteroatoms. The number of nitrogens with zero attached hydrogens (tertiary/aromatic N) is 4. The standard InChI is InChI=1S/C20H30N4O/c1-2-3-4-5-6-7-8-12-15-23-17-20(21-22-23)18-24(25)16-19-13-10-9-11-14-19/h9-11,13-14,17-18H,2-8,12,15-16H2,1H3/b24-18-. The van der Waals surface area contributed by atoms with Crippen molar-refractivity contribution in [2.24, 2.45) is 0 Å². The highest BCUT2D eigenvalue weighted by atomic mass is 16.5. The first-order valence-electron chi connectivity index (χ1n) is 9.50. The zero-order valence-corrected chi connectivity index (χ0v) is 15.3. The quantitative estimate of drug-likeness (QED) is 0.187. The van der Waals surface area contributed by atoms with Gasteiger partial charge in [0.1, 0.15) is 0 Å². The minimum absolute atomic E-state index is 0.325. The van der Waals surface area contributed by atoms with Crippen molar-refractivity contribution in [3.05, 3.63) is 53.0 Å². The second-order valence-corrected chi connectivity index (χ2v) is 6.57. The van der Waals surface area contributed by atoms with Crippen LogP contribution in [0, 0.1) is 5.21 Å². The molecule has 0 unspecified atom stereocenters. The highest BCUT2D eigenvalue weighted by Crippen LogP contribution is 2.09. The van der Waals surface area contributed by atoms with Gasteiger partial charge in [0.15, 0.2) is 12.2 Å². The Morgan fingerprint density at radius 3 is 2.40 bits per heavy atom. The van der Waals surface area contributed by atoms with Gasteiger partial charge in [0.2, 0.25) is 6.21 Å². The maximum absolute atomic E-state index is 12.0. The molecule has 1 aromatic carbocycles. The molecule has 2 rings (SSSR count). The second-order valence-electron chi connectivity index (χ2n) is 6.57. The number of hydroxylamine groups is 1. The topological polar surface area (TPSA) is 56.8 Å². The van der Waals surface area contributed by atoms with E-state index >= 15 is 0 Å². The minimum Gasteiger partial charge on any atom is -0.623 e. The monoisotopic (exact) mass is 342 g/mol. The number of rotatable bonds is 12. The van der Waals surface area contributed by atoms with Crippen LogP contribution in [0.4, 0.5) is 0 Å². The van der Waals surface area contributed by atoms with E-state index in [9.17, 15) is 5.21 Å². The van der Waals surface area contributed by atoms with Gasteiger partial charge in [0, 0.05) is 12.1 Å². The summed E-state index contributed by atoms with van der Waals surface area (Å²) in [5.41, 5.74) is 1.60. The van der Waals surface area contributed by atoms with E-state index in [0.717, 1.165) is 23.3 Å². The number of hydrogen-bond acceptors (Lipinski definition) is 3. The predicted octanol–water partition coefficient (Wildman–Crippen LogP) is 4.55. The molecule has 0 spiro atoms. The third kappa shape index (κ3) is 7.96. The first-order chi connectivity index (χ1) is 12.3. The van der Waals surface area contributed by atoms with Crippen LogP contribution in [0.3, 0.4) is 0 Å². The first-order valence-corrected chi connectivity index (χ1v) is 9.50. The summed E-state index contributed by atoms with van der Waals surface area (Å²) in [6, 6.07) is 9.70. The SMILES string of the molecule is CCCCCCCCCCn1cc(/C=[N+](\[O-])Cc2ccccc2)nn1. The van der Waals surface area contributed by atoms with Gasteiger partial charge in [-0.25, -0.2) is 4.74 Å². The van der Waals surface area contributed by atoms with E-state index in [1.807, 2.05) is 41.2 Å². The van der Waals surface area contributed by atoms with Crippen LogP contribution in [0.1, 0.15) is 69.5 Å². The van der Waals surface area contributed by atoms with Gasteiger partial charge >= 0.3 is 0 Å². The average molecular weight is 342 g/mol. The number of hydrogen-bond donors (Lipinski definition) is 0. The molecule has 1 heterocycles. The molecule has 0 fully saturated rings. The van der Waals surface area contributed by atoms with E-state index in [2.05, 4.69) is 17.2 Å². The molecular weight excluding hydrogens is 312 g/mol. The fourth-order valence-corrected chi connectivity index (χ4v) is 2.85. The number of unbranched alkanes of at least 4 members (excludes halogenated alkanes) is 7. The molecule has 1 aromatic heterocycles. The molecule has 0 bridgehead atoms. The molecule has 0 N–H and O–H groups in total. The molecule has 0 saturated carbocycles. The minimum atomic E-state index is 0.325. The van der Waals surface area contributed by atoms with Crippen molar-refractivity contribution in [2.45, 2.75) is 71.4 Å². The van der Waals surface area contributed by atoms with Gasteiger partial charge in [0.25, 0.3) is 0 Å². The molecule has 0 aliphatic heterocycles. The van der Waals surface area contributed by atoms with E-state index in [1.165, 1.54) is 51.2 Å². The lowest BCUT2D eigenvalue weighted by molar-refractivity contribution is -0.469. The van der Waals surface area contributed by atoms with Crippen molar-refractivity contribution < 1.29 is 4.74 Å². The van der Waals surface area contributed by atoms with Crippen LogP contribution < -0.4 is 0 Å². The summed E-state index contributed by atoms with van der Waals surface area (Å²) in [7, 11) is 0. The molecule has 0 atom stereocenters. The molecular formula is C20H30N4O. The van der Waals surface area contributed by atoms with Gasteiger partial charge in [0.05, 0.1) is 6.20 Å². The average Bonchev–Trinajstić information content (AvgIpc) is 3.05. The number of aryl methyl sites for hydroxylation is 1. The summed E-state index contributed by atoms with van der Waals surface area (Å²) in [6.45, 7) is 3.44. The lowest BCUT2D eigenvalue weighted by Crippen LogP contribution is -2.05. The molecule has 0 saturated heterocycles. The maximum Gasteiger partial charge on any atom is 0.204 e. The summed E-state index contributed by atoms with van der Waals surface area (Å²) >= 11 is 0. The van der Waals surface area contributed by atoms with Gasteiger partial charge in [-0.3, -0.25) is 4.68 Å². The molecule has 25 heavy (non-hydrogen) atoms. The van der Waals surface area contributed by atoms with E-state index in [4.69, 9.17) is 0 Å². The lowest BCUT2D eigenvalue weighted by atomic mass is 10.1. The van der Waals surface area contributed by atoms with Crippen molar-refractivity contribution in [2.75, 3.05) is 0 Å². The Morgan fingerprint density at radius 1 is 1.00 bits per heavy atom. The third-order valence-electron chi connectivity index (χ3n) is 4.25. The van der Waals surface area contributed by atoms with Crippen molar-refractivity contribution in [1.29, 1.82) is 0 Å². The van der Waals surface area contributed by atoms with Crippen molar-refractivity contribution in [3.8, 4) is 0 Å². The highest BCUT2D eigenvalue weighted by Gasteiger charge is 2.03. The number of aromatic nitrogens is 3. The molecule has 5 nitrogen and oxygen atoms in total. The van der Waals surface area contributed by atoms with Crippen LogP contribution in [0.25, 0.3) is 0 Å². The molecule has 136 valence electrons. The Hall–Kier alpha value is -2.17. The van der Waals surface area contributed by atoms with Gasteiger partial charge < -0.3 is 5.21 Å². The van der Waals surface area contributed by atoms with Crippen LogP contribution in [0.5, 0.6) is 0 Å². The fraction of sp³-hybridized carbons (Fsp3) is 0.550. The van der Waals surface area contributed by atoms with Crippen LogP contribution in [0.2, 0.25) is 0 Å². The van der Waals surface area contributed by atoms with Crippen molar-refractivity contribution >= 4 is 6.21 Å². The summed E-state index contributed by atoms with van der Waals surface area (Å²) in [5, 5.41) is 20.1. The van der Waals surface area contributed by atoms with E-state index < -0.39 is 0 Å². The van der Waals surface area contributed by atoms with Crippen molar-refractivity contribution in [1.82, 2.24) is 15.0 Å². The predicted molar refractivity (Wildman–Crippen MR) is 102 cm³/mol. The zero-order valence-electron chi connectivity index (χ0n) is 15.3. The van der Waals surface area contributed by atoms with Crippen molar-refractivity contribution in [3.63, 3.8) is 0 Å². The Bertz CT molecular complexity index is 622. The summed E-state index contributed by atoms with van der Waals surface area (Å²) in [4.78, 5) is 0. The third-order valence-corrected chi connectivity index (χ3v) is 4.25. The van der Waals surface area contributed by atoms with Gasteiger partial charge in [-0.05, 0) is 6.42 Å². The lowest BCUT2D eigenvalue weighted by Gasteiger charge is -2.02. The highest BCUT2D eigenvalue weighted by molar-refractivity contribution is 5.71. The van der Waals surface area contributed by atoms with Crippen LogP contribution in [0.15, 0.2) is 36.5 Å². The number of benzene rings is 1. The molecule has 2 aromatic rings. The van der Waals surface area contributed by atoms with Gasteiger partial charge in [-0.2, -0.15) is 0 Å². The Labute approximate surface area is 151 Å². The van der Waals surface area contributed by atoms with E-state index in [0.29, 0.717) is 12.2 Å². The van der Waals surface area contributed by atoms with Crippen LogP contribution in [-0.4, -0.2) is 25.9 Å². The molecule has 0 amide bonds. The Morgan fingerprint density at radius 2 is 1.68 bits per heavy atom. The molecule has 0 aliphatic rings. The first kappa shape index (κ1) is 19.2.